The largest absolute Gasteiger partial charge is 0.349 e. The van der Waals surface area contributed by atoms with Gasteiger partial charge in [-0.3, -0.25) is 4.99 Å². The fraction of sp³-hybridized carbons (Fsp3) is 0.769. The summed E-state index contributed by atoms with van der Waals surface area (Å²) in [6.45, 7) is 6.77. The number of nitrogens with zero attached hydrogens (tertiary/aromatic N) is 5. The molecule has 22 heavy (non-hydrogen) atoms. The monoisotopic (exact) mass is 328 g/mol. The Morgan fingerprint density at radius 1 is 1.41 bits per heavy atom. The van der Waals surface area contributed by atoms with Gasteiger partial charge in [-0.15, -0.1) is 10.2 Å². The number of sulfone groups is 1. The summed E-state index contributed by atoms with van der Waals surface area (Å²) in [6, 6.07) is 0. The molecule has 2 rings (SSSR count). The maximum Gasteiger partial charge on any atom is 0.194 e. The van der Waals surface area contributed by atoms with Gasteiger partial charge in [0.05, 0.1) is 17.0 Å². The molecular formula is C13H24N6O2S. The minimum Gasteiger partial charge on any atom is -0.349 e. The lowest BCUT2D eigenvalue weighted by Gasteiger charge is -2.39. The van der Waals surface area contributed by atoms with Crippen LogP contribution in [0.4, 0.5) is 0 Å². The van der Waals surface area contributed by atoms with Crippen LogP contribution in [0.15, 0.2) is 4.99 Å². The van der Waals surface area contributed by atoms with Gasteiger partial charge in [0.2, 0.25) is 0 Å². The maximum absolute atomic E-state index is 12.1. The molecule has 0 amide bonds. The Kier molecular flexibility index (Phi) is 4.46. The van der Waals surface area contributed by atoms with Crippen molar-refractivity contribution in [1.29, 1.82) is 0 Å². The molecule has 1 aliphatic rings. The lowest BCUT2D eigenvalue weighted by molar-refractivity contribution is 0.352. The van der Waals surface area contributed by atoms with Gasteiger partial charge in [-0.1, -0.05) is 0 Å². The Morgan fingerprint density at radius 2 is 2.09 bits per heavy atom. The van der Waals surface area contributed by atoms with Gasteiger partial charge in [0, 0.05) is 27.2 Å². The van der Waals surface area contributed by atoms with Crippen molar-refractivity contribution in [2.24, 2.45) is 12.0 Å². The first kappa shape index (κ1) is 16.7. The van der Waals surface area contributed by atoms with Crippen LogP contribution < -0.4 is 5.32 Å². The molecule has 0 unspecified atom stereocenters. The summed E-state index contributed by atoms with van der Waals surface area (Å²) in [5, 5.41) is 11.3. The summed E-state index contributed by atoms with van der Waals surface area (Å²) in [7, 11) is 0.546. The fourth-order valence-corrected chi connectivity index (χ4v) is 3.79. The molecule has 0 bridgehead atoms. The smallest absolute Gasteiger partial charge is 0.194 e. The van der Waals surface area contributed by atoms with Crippen LogP contribution in [0.1, 0.15) is 25.5 Å². The van der Waals surface area contributed by atoms with Crippen molar-refractivity contribution < 1.29 is 8.42 Å². The molecule has 1 aromatic rings. The predicted molar refractivity (Wildman–Crippen MR) is 85.4 cm³/mol. The molecule has 124 valence electrons. The van der Waals surface area contributed by atoms with Gasteiger partial charge in [-0.25, -0.2) is 8.42 Å². The highest BCUT2D eigenvalue weighted by Gasteiger charge is 2.40. The van der Waals surface area contributed by atoms with Crippen LogP contribution in [-0.4, -0.2) is 64.7 Å². The molecule has 0 aromatic carbocycles. The minimum atomic E-state index is -3.06. The van der Waals surface area contributed by atoms with Crippen molar-refractivity contribution in [2.45, 2.75) is 32.1 Å². The van der Waals surface area contributed by atoms with Gasteiger partial charge in [-0.05, 0) is 20.8 Å². The first-order valence-electron chi connectivity index (χ1n) is 7.21. The molecule has 1 aromatic heterocycles. The number of aryl methyl sites for hydroxylation is 1. The third-order valence-corrected chi connectivity index (χ3v) is 6.68. The summed E-state index contributed by atoms with van der Waals surface area (Å²) < 4.78 is 25.3. The molecule has 0 spiro atoms. The molecule has 1 aliphatic heterocycles. The van der Waals surface area contributed by atoms with Crippen LogP contribution in [0.3, 0.4) is 0 Å². The standard InChI is InChI=1S/C13H24N6O2S/c1-10-16-17-11(18(10)5)8-15-12(14-4)19-6-7-22(20,21)13(2,3)9-19/h6-9H2,1-5H3,(H,14,15). The van der Waals surface area contributed by atoms with E-state index in [0.717, 1.165) is 11.6 Å². The maximum atomic E-state index is 12.1. The number of aliphatic imine (C=N–C) groups is 1. The zero-order valence-electron chi connectivity index (χ0n) is 13.8. The van der Waals surface area contributed by atoms with Gasteiger partial charge in [0.15, 0.2) is 21.6 Å². The van der Waals surface area contributed by atoms with Crippen LogP contribution in [0.5, 0.6) is 0 Å². The Labute approximate surface area is 131 Å². The molecular weight excluding hydrogens is 304 g/mol. The topological polar surface area (TPSA) is 92.5 Å². The van der Waals surface area contributed by atoms with Crippen molar-refractivity contribution in [3.05, 3.63) is 11.6 Å². The van der Waals surface area contributed by atoms with Gasteiger partial charge in [0.1, 0.15) is 5.82 Å². The normalized spacial score (nSPS) is 21.0. The quantitative estimate of drug-likeness (QED) is 0.592. The third-order valence-electron chi connectivity index (χ3n) is 4.14. The van der Waals surface area contributed by atoms with Crippen molar-refractivity contribution >= 4 is 15.8 Å². The van der Waals surface area contributed by atoms with E-state index in [-0.39, 0.29) is 5.75 Å². The van der Waals surface area contributed by atoms with E-state index in [1.807, 2.05) is 23.4 Å². The van der Waals surface area contributed by atoms with Gasteiger partial charge < -0.3 is 14.8 Å². The Balaban J connectivity index is 2.06. The molecule has 2 heterocycles. The van der Waals surface area contributed by atoms with E-state index in [9.17, 15) is 8.42 Å². The highest BCUT2D eigenvalue weighted by Crippen LogP contribution is 2.23. The van der Waals surface area contributed by atoms with Crippen LogP contribution in [0.2, 0.25) is 0 Å². The molecule has 0 saturated carbocycles. The summed E-state index contributed by atoms with van der Waals surface area (Å²) in [4.78, 5) is 6.23. The molecule has 0 atom stereocenters. The summed E-state index contributed by atoms with van der Waals surface area (Å²) in [5.74, 6) is 2.48. The van der Waals surface area contributed by atoms with E-state index >= 15 is 0 Å². The Hall–Kier alpha value is -1.64. The number of hydrogen-bond acceptors (Lipinski definition) is 5. The van der Waals surface area contributed by atoms with Crippen LogP contribution in [-0.2, 0) is 23.4 Å². The summed E-state index contributed by atoms with van der Waals surface area (Å²) in [6.07, 6.45) is 0. The molecule has 1 saturated heterocycles. The van der Waals surface area contributed by atoms with E-state index < -0.39 is 14.6 Å². The van der Waals surface area contributed by atoms with Gasteiger partial charge >= 0.3 is 0 Å². The van der Waals surface area contributed by atoms with Crippen molar-refractivity contribution in [2.75, 3.05) is 25.9 Å². The lowest BCUT2D eigenvalue weighted by atomic mass is 10.2. The number of aromatic nitrogens is 3. The second-order valence-electron chi connectivity index (χ2n) is 6.12. The van der Waals surface area contributed by atoms with E-state index in [4.69, 9.17) is 0 Å². The Morgan fingerprint density at radius 3 is 2.59 bits per heavy atom. The van der Waals surface area contributed by atoms with E-state index in [2.05, 4.69) is 20.5 Å². The highest BCUT2D eigenvalue weighted by atomic mass is 32.2. The fourth-order valence-electron chi connectivity index (χ4n) is 2.42. The number of hydrogen-bond donors (Lipinski definition) is 1. The minimum absolute atomic E-state index is 0.143. The van der Waals surface area contributed by atoms with Crippen molar-refractivity contribution in [3.63, 3.8) is 0 Å². The molecule has 1 fully saturated rings. The SMILES string of the molecule is CN=C(NCc1nnc(C)n1C)N1CCS(=O)(=O)C(C)(C)C1. The van der Waals surface area contributed by atoms with Gasteiger partial charge in [0.25, 0.3) is 0 Å². The van der Waals surface area contributed by atoms with E-state index in [1.165, 1.54) is 0 Å². The summed E-state index contributed by atoms with van der Waals surface area (Å²) >= 11 is 0. The van der Waals surface area contributed by atoms with Crippen molar-refractivity contribution in [3.8, 4) is 0 Å². The molecule has 9 heteroatoms. The molecule has 1 N–H and O–H groups in total. The van der Waals surface area contributed by atoms with Crippen LogP contribution in [0.25, 0.3) is 0 Å². The van der Waals surface area contributed by atoms with E-state index in [1.54, 1.807) is 20.9 Å². The molecule has 0 aliphatic carbocycles. The van der Waals surface area contributed by atoms with Gasteiger partial charge in [-0.2, -0.15) is 0 Å². The third kappa shape index (κ3) is 3.08. The number of rotatable bonds is 2. The molecule has 8 nitrogen and oxygen atoms in total. The second kappa shape index (κ2) is 5.86. The lowest BCUT2D eigenvalue weighted by Crippen LogP contribution is -2.57. The zero-order valence-corrected chi connectivity index (χ0v) is 14.6. The van der Waals surface area contributed by atoms with Crippen LogP contribution >= 0.6 is 0 Å². The summed E-state index contributed by atoms with van der Waals surface area (Å²) in [5.41, 5.74) is 0. The predicted octanol–water partition coefficient (Wildman–Crippen LogP) is -0.292. The number of nitrogens with one attached hydrogen (secondary N) is 1. The highest BCUT2D eigenvalue weighted by molar-refractivity contribution is 7.92. The first-order valence-corrected chi connectivity index (χ1v) is 8.86. The van der Waals surface area contributed by atoms with E-state index in [0.29, 0.717) is 25.6 Å². The van der Waals surface area contributed by atoms with Crippen LogP contribution in [0, 0.1) is 6.92 Å². The average molecular weight is 328 g/mol. The average Bonchev–Trinajstić information content (AvgIpc) is 2.75. The second-order valence-corrected chi connectivity index (χ2v) is 8.87. The first-order chi connectivity index (χ1) is 10.2. The number of guanidine groups is 1. The Bertz CT molecular complexity index is 677. The van der Waals surface area contributed by atoms with Crippen molar-refractivity contribution in [1.82, 2.24) is 25.0 Å². The molecule has 0 radical (unpaired) electrons. The zero-order chi connectivity index (χ0) is 16.5.